The Morgan fingerprint density at radius 2 is 2.10 bits per heavy atom. The molecule has 2 atom stereocenters. The summed E-state index contributed by atoms with van der Waals surface area (Å²) in [6.45, 7) is 8.31. The maximum Gasteiger partial charge on any atom is 0.0716 e. The first kappa shape index (κ1) is 15.5. The van der Waals surface area contributed by atoms with E-state index >= 15 is 0 Å². The highest BCUT2D eigenvalue weighted by Gasteiger charge is 2.30. The number of ether oxygens (including phenoxy) is 1. The van der Waals surface area contributed by atoms with Gasteiger partial charge in [0.05, 0.1) is 6.61 Å². The first-order valence-electron chi connectivity index (χ1n) is 7.68. The molecule has 1 aromatic carbocycles. The Kier molecular flexibility index (Phi) is 5.58. The summed E-state index contributed by atoms with van der Waals surface area (Å²) >= 11 is 0. The monoisotopic (exact) mass is 276 g/mol. The van der Waals surface area contributed by atoms with Crippen LogP contribution in [0.2, 0.25) is 0 Å². The van der Waals surface area contributed by atoms with Crippen LogP contribution in [-0.4, -0.2) is 31.6 Å². The zero-order valence-corrected chi connectivity index (χ0v) is 13.0. The summed E-state index contributed by atoms with van der Waals surface area (Å²) in [5.41, 5.74) is 8.69. The van der Waals surface area contributed by atoms with Crippen molar-refractivity contribution in [3.8, 4) is 0 Å². The van der Waals surface area contributed by atoms with E-state index in [0.29, 0.717) is 19.2 Å². The number of likely N-dealkylation sites (tertiary alicyclic amines) is 1. The molecule has 0 amide bonds. The van der Waals surface area contributed by atoms with Crippen molar-refractivity contribution in [3.63, 3.8) is 0 Å². The molecule has 1 aliphatic heterocycles. The number of hydrogen-bond donors (Lipinski definition) is 1. The third-order valence-electron chi connectivity index (χ3n) is 4.58. The lowest BCUT2D eigenvalue weighted by Crippen LogP contribution is -2.33. The molecule has 1 aliphatic rings. The predicted molar refractivity (Wildman–Crippen MR) is 83.5 cm³/mol. The first-order chi connectivity index (χ1) is 9.67. The zero-order valence-electron chi connectivity index (χ0n) is 13.0. The molecule has 3 nitrogen and oxygen atoms in total. The van der Waals surface area contributed by atoms with Crippen LogP contribution in [0.4, 0.5) is 0 Å². The summed E-state index contributed by atoms with van der Waals surface area (Å²) in [4.78, 5) is 2.55. The minimum absolute atomic E-state index is 0.324. The standard InChI is InChI=1S/C17H28N2O/c1-13(2)14-8-9-19(11-14)17(10-18)16-7-5-4-6-15(16)12-20-3/h4-7,13-14,17H,8-12,18H2,1-3H3. The van der Waals surface area contributed by atoms with Gasteiger partial charge in [0.25, 0.3) is 0 Å². The molecule has 2 rings (SSSR count). The van der Waals surface area contributed by atoms with Gasteiger partial charge in [0.1, 0.15) is 0 Å². The van der Waals surface area contributed by atoms with Crippen LogP contribution in [0.1, 0.15) is 37.4 Å². The number of methoxy groups -OCH3 is 1. The normalized spacial score (nSPS) is 21.6. The van der Waals surface area contributed by atoms with E-state index in [0.717, 1.165) is 18.4 Å². The van der Waals surface area contributed by atoms with Crippen LogP contribution in [0.25, 0.3) is 0 Å². The Morgan fingerprint density at radius 3 is 2.70 bits per heavy atom. The van der Waals surface area contributed by atoms with E-state index in [-0.39, 0.29) is 0 Å². The van der Waals surface area contributed by atoms with Gasteiger partial charge in [-0.3, -0.25) is 4.90 Å². The summed E-state index contributed by atoms with van der Waals surface area (Å²) in [6.07, 6.45) is 1.29. The number of nitrogens with two attached hydrogens (primary N) is 1. The maximum atomic E-state index is 6.09. The molecule has 0 saturated carbocycles. The fraction of sp³-hybridized carbons (Fsp3) is 0.647. The summed E-state index contributed by atoms with van der Waals surface area (Å²) in [7, 11) is 1.75. The van der Waals surface area contributed by atoms with Gasteiger partial charge in [0.15, 0.2) is 0 Å². The van der Waals surface area contributed by atoms with E-state index < -0.39 is 0 Å². The van der Waals surface area contributed by atoms with Crippen LogP contribution in [0, 0.1) is 11.8 Å². The van der Waals surface area contributed by atoms with Crippen LogP contribution >= 0.6 is 0 Å². The van der Waals surface area contributed by atoms with Crippen molar-refractivity contribution >= 4 is 0 Å². The first-order valence-corrected chi connectivity index (χ1v) is 7.68. The van der Waals surface area contributed by atoms with E-state index in [9.17, 15) is 0 Å². The topological polar surface area (TPSA) is 38.5 Å². The summed E-state index contributed by atoms with van der Waals surface area (Å²) < 4.78 is 5.33. The summed E-state index contributed by atoms with van der Waals surface area (Å²) in [5.74, 6) is 1.56. The lowest BCUT2D eigenvalue weighted by atomic mass is 9.95. The molecule has 112 valence electrons. The molecule has 1 aromatic rings. The summed E-state index contributed by atoms with van der Waals surface area (Å²) in [5, 5.41) is 0. The van der Waals surface area contributed by atoms with Gasteiger partial charge in [0.2, 0.25) is 0 Å². The Hall–Kier alpha value is -0.900. The Labute approximate surface area is 123 Å². The van der Waals surface area contributed by atoms with Crippen molar-refractivity contribution in [2.45, 2.75) is 32.9 Å². The van der Waals surface area contributed by atoms with Gasteiger partial charge in [-0.1, -0.05) is 38.1 Å². The second kappa shape index (κ2) is 7.21. The molecule has 0 aromatic heterocycles. The smallest absolute Gasteiger partial charge is 0.0716 e. The van der Waals surface area contributed by atoms with Crippen LogP contribution in [-0.2, 0) is 11.3 Å². The van der Waals surface area contributed by atoms with Crippen LogP contribution < -0.4 is 5.73 Å². The SMILES string of the molecule is COCc1ccccc1C(CN)N1CCC(C(C)C)C1. The minimum atomic E-state index is 0.324. The van der Waals surface area contributed by atoms with E-state index in [2.05, 4.69) is 43.0 Å². The molecular weight excluding hydrogens is 248 g/mol. The maximum absolute atomic E-state index is 6.09. The second-order valence-electron chi connectivity index (χ2n) is 6.17. The number of benzene rings is 1. The number of rotatable bonds is 6. The molecule has 0 spiro atoms. The average Bonchev–Trinajstić information content (AvgIpc) is 2.92. The molecule has 1 fully saturated rings. The van der Waals surface area contributed by atoms with Gasteiger partial charge < -0.3 is 10.5 Å². The highest BCUT2D eigenvalue weighted by atomic mass is 16.5. The fourth-order valence-corrected chi connectivity index (χ4v) is 3.26. The third kappa shape index (κ3) is 3.40. The molecule has 1 saturated heterocycles. The molecule has 20 heavy (non-hydrogen) atoms. The van der Waals surface area contributed by atoms with Crippen LogP contribution in [0.3, 0.4) is 0 Å². The number of nitrogens with zero attached hydrogens (tertiary/aromatic N) is 1. The highest BCUT2D eigenvalue weighted by molar-refractivity contribution is 5.30. The van der Waals surface area contributed by atoms with Crippen molar-refractivity contribution in [1.82, 2.24) is 4.90 Å². The highest BCUT2D eigenvalue weighted by Crippen LogP contribution is 2.32. The van der Waals surface area contributed by atoms with Gasteiger partial charge in [0, 0.05) is 26.2 Å². The van der Waals surface area contributed by atoms with Crippen LogP contribution in [0.5, 0.6) is 0 Å². The summed E-state index contributed by atoms with van der Waals surface area (Å²) in [6, 6.07) is 8.86. The van der Waals surface area contributed by atoms with Gasteiger partial charge >= 0.3 is 0 Å². The Morgan fingerprint density at radius 1 is 1.35 bits per heavy atom. The molecule has 1 heterocycles. The lowest BCUT2D eigenvalue weighted by Gasteiger charge is -2.29. The van der Waals surface area contributed by atoms with E-state index in [1.54, 1.807) is 7.11 Å². The van der Waals surface area contributed by atoms with Crippen molar-refractivity contribution in [1.29, 1.82) is 0 Å². The van der Waals surface area contributed by atoms with Crippen molar-refractivity contribution in [2.24, 2.45) is 17.6 Å². The van der Waals surface area contributed by atoms with Gasteiger partial charge in [-0.2, -0.15) is 0 Å². The second-order valence-corrected chi connectivity index (χ2v) is 6.17. The molecule has 2 unspecified atom stereocenters. The van der Waals surface area contributed by atoms with E-state index in [1.165, 1.54) is 24.1 Å². The lowest BCUT2D eigenvalue weighted by molar-refractivity contribution is 0.179. The molecule has 0 radical (unpaired) electrons. The minimum Gasteiger partial charge on any atom is -0.380 e. The molecular formula is C17H28N2O. The molecule has 0 bridgehead atoms. The van der Waals surface area contributed by atoms with Crippen molar-refractivity contribution in [3.05, 3.63) is 35.4 Å². The predicted octanol–water partition coefficient (Wildman–Crippen LogP) is 2.81. The Balaban J connectivity index is 2.16. The third-order valence-corrected chi connectivity index (χ3v) is 4.58. The quantitative estimate of drug-likeness (QED) is 0.868. The van der Waals surface area contributed by atoms with E-state index in [1.807, 2.05) is 0 Å². The molecule has 0 aliphatic carbocycles. The molecule has 3 heteroatoms. The van der Waals surface area contributed by atoms with Crippen molar-refractivity contribution < 1.29 is 4.74 Å². The Bertz CT molecular complexity index is 419. The largest absolute Gasteiger partial charge is 0.380 e. The van der Waals surface area contributed by atoms with Gasteiger partial charge in [-0.05, 0) is 35.9 Å². The fourth-order valence-electron chi connectivity index (χ4n) is 3.26. The van der Waals surface area contributed by atoms with Crippen molar-refractivity contribution in [2.75, 3.05) is 26.7 Å². The molecule has 2 N–H and O–H groups in total. The zero-order chi connectivity index (χ0) is 14.5. The van der Waals surface area contributed by atoms with Gasteiger partial charge in [-0.25, -0.2) is 0 Å². The number of hydrogen-bond acceptors (Lipinski definition) is 3. The van der Waals surface area contributed by atoms with Crippen LogP contribution in [0.15, 0.2) is 24.3 Å². The van der Waals surface area contributed by atoms with E-state index in [4.69, 9.17) is 10.5 Å². The van der Waals surface area contributed by atoms with Gasteiger partial charge in [-0.15, -0.1) is 0 Å². The average molecular weight is 276 g/mol.